The summed E-state index contributed by atoms with van der Waals surface area (Å²) in [6.07, 6.45) is 2.03. The molecule has 0 aliphatic carbocycles. The monoisotopic (exact) mass is 270 g/mol. The minimum absolute atomic E-state index is 0.0816. The van der Waals surface area contributed by atoms with Crippen LogP contribution in [0.5, 0.6) is 0 Å². The molecule has 0 saturated heterocycles. The zero-order valence-corrected chi connectivity index (χ0v) is 11.7. The first-order valence-corrected chi connectivity index (χ1v) is 6.97. The summed E-state index contributed by atoms with van der Waals surface area (Å²) in [6, 6.07) is 6.13. The number of amides is 1. The van der Waals surface area contributed by atoms with Crippen LogP contribution >= 0.6 is 11.8 Å². The van der Waals surface area contributed by atoms with Gasteiger partial charge in [-0.15, -0.1) is 0 Å². The Morgan fingerprint density at radius 1 is 1.39 bits per heavy atom. The van der Waals surface area contributed by atoms with E-state index in [-0.39, 0.29) is 22.9 Å². The Balaban J connectivity index is 2.37. The number of hydrogen-bond donors (Lipinski definition) is 2. The van der Waals surface area contributed by atoms with Gasteiger partial charge in [0.25, 0.3) is 0 Å². The second kappa shape index (κ2) is 6.75. The molecule has 0 radical (unpaired) electrons. The molecule has 0 saturated carbocycles. The number of halogens is 1. The fourth-order valence-corrected chi connectivity index (χ4v) is 1.55. The molecule has 1 aromatic carbocycles. The summed E-state index contributed by atoms with van der Waals surface area (Å²) in [7, 11) is 0. The molecule has 100 valence electrons. The van der Waals surface area contributed by atoms with Crippen LogP contribution in [0.4, 0.5) is 10.1 Å². The Bertz CT molecular complexity index is 410. The average Bonchev–Trinajstić information content (AvgIpc) is 2.32. The van der Waals surface area contributed by atoms with Crippen LogP contribution in [0.3, 0.4) is 0 Å². The first-order valence-electron chi connectivity index (χ1n) is 5.75. The van der Waals surface area contributed by atoms with Gasteiger partial charge in [-0.1, -0.05) is 12.1 Å². The highest BCUT2D eigenvalue weighted by atomic mass is 32.2. The normalized spacial score (nSPS) is 11.3. The van der Waals surface area contributed by atoms with Gasteiger partial charge in [-0.2, -0.15) is 11.8 Å². The van der Waals surface area contributed by atoms with Crippen molar-refractivity contribution >= 4 is 23.4 Å². The van der Waals surface area contributed by atoms with Crippen molar-refractivity contribution in [1.82, 2.24) is 5.32 Å². The zero-order valence-electron chi connectivity index (χ0n) is 10.9. The molecule has 3 nitrogen and oxygen atoms in total. The zero-order chi connectivity index (χ0) is 13.6. The van der Waals surface area contributed by atoms with Crippen LogP contribution in [0.25, 0.3) is 0 Å². The van der Waals surface area contributed by atoms with E-state index in [1.165, 1.54) is 6.07 Å². The third kappa shape index (κ3) is 5.06. The highest BCUT2D eigenvalue weighted by Crippen LogP contribution is 2.19. The fourth-order valence-electron chi connectivity index (χ4n) is 1.31. The van der Waals surface area contributed by atoms with Gasteiger partial charge in [0.05, 0.1) is 12.2 Å². The van der Waals surface area contributed by atoms with Gasteiger partial charge < -0.3 is 10.6 Å². The minimum Gasteiger partial charge on any atom is -0.322 e. The van der Waals surface area contributed by atoms with E-state index < -0.39 is 5.82 Å². The predicted octanol–water partition coefficient (Wildman–Crippen LogP) is 2.50. The number of carbonyl (C=O) groups excluding carboxylic acids is 1. The van der Waals surface area contributed by atoms with Crippen molar-refractivity contribution < 1.29 is 9.18 Å². The van der Waals surface area contributed by atoms with Crippen LogP contribution < -0.4 is 10.6 Å². The van der Waals surface area contributed by atoms with Crippen LogP contribution in [0.15, 0.2) is 24.3 Å². The van der Waals surface area contributed by atoms with Gasteiger partial charge in [0.1, 0.15) is 5.82 Å². The summed E-state index contributed by atoms with van der Waals surface area (Å²) < 4.78 is 13.4. The van der Waals surface area contributed by atoms with Gasteiger partial charge in [0.15, 0.2) is 0 Å². The van der Waals surface area contributed by atoms with Crippen LogP contribution in [-0.2, 0) is 4.79 Å². The molecule has 0 spiro atoms. The molecule has 5 heteroatoms. The van der Waals surface area contributed by atoms with E-state index in [0.717, 1.165) is 6.54 Å². The molecule has 0 bridgehead atoms. The van der Waals surface area contributed by atoms with Crippen molar-refractivity contribution in [1.29, 1.82) is 0 Å². The highest BCUT2D eigenvalue weighted by Gasteiger charge is 2.15. The van der Waals surface area contributed by atoms with E-state index in [9.17, 15) is 9.18 Å². The molecule has 1 rings (SSSR count). The highest BCUT2D eigenvalue weighted by molar-refractivity contribution is 7.99. The Hall–Kier alpha value is -1.07. The molecule has 0 heterocycles. The molecular formula is C13H19FN2OS. The number of para-hydroxylation sites is 1. The van der Waals surface area contributed by atoms with Crippen LogP contribution in [-0.4, -0.2) is 30.0 Å². The number of carbonyl (C=O) groups is 1. The standard InChI is InChI=1S/C13H19FN2OS/c1-13(2,18-3)9-15-8-12(17)16-11-7-5-4-6-10(11)14/h4-7,15H,8-9H2,1-3H3,(H,16,17). The maximum Gasteiger partial charge on any atom is 0.238 e. The Labute approximate surface area is 112 Å². The van der Waals surface area contributed by atoms with E-state index in [1.807, 2.05) is 6.26 Å². The maximum absolute atomic E-state index is 13.3. The number of nitrogens with one attached hydrogen (secondary N) is 2. The first-order chi connectivity index (χ1) is 8.44. The van der Waals surface area contributed by atoms with Crippen molar-refractivity contribution in [2.75, 3.05) is 24.7 Å². The van der Waals surface area contributed by atoms with Gasteiger partial charge in [0, 0.05) is 11.3 Å². The second-order valence-corrected chi connectivity index (χ2v) is 6.11. The topological polar surface area (TPSA) is 41.1 Å². The Kier molecular flexibility index (Phi) is 5.62. The SMILES string of the molecule is CSC(C)(C)CNCC(=O)Nc1ccccc1F. The van der Waals surface area contributed by atoms with Crippen molar-refractivity contribution in [2.45, 2.75) is 18.6 Å². The van der Waals surface area contributed by atoms with Gasteiger partial charge in [-0.05, 0) is 32.2 Å². The Morgan fingerprint density at radius 3 is 2.67 bits per heavy atom. The number of thioether (sulfide) groups is 1. The lowest BCUT2D eigenvalue weighted by molar-refractivity contribution is -0.115. The van der Waals surface area contributed by atoms with E-state index in [1.54, 1.807) is 30.0 Å². The van der Waals surface area contributed by atoms with Gasteiger partial charge in [0.2, 0.25) is 5.91 Å². The summed E-state index contributed by atoms with van der Waals surface area (Å²) in [5.74, 6) is -0.660. The third-order valence-electron chi connectivity index (χ3n) is 2.54. The van der Waals surface area contributed by atoms with E-state index in [0.29, 0.717) is 0 Å². The number of hydrogen-bond acceptors (Lipinski definition) is 3. The molecule has 2 N–H and O–H groups in total. The summed E-state index contributed by atoms with van der Waals surface area (Å²) in [4.78, 5) is 11.6. The number of rotatable bonds is 6. The number of benzene rings is 1. The second-order valence-electron chi connectivity index (χ2n) is 4.60. The van der Waals surface area contributed by atoms with Gasteiger partial charge in [-0.3, -0.25) is 4.79 Å². The smallest absolute Gasteiger partial charge is 0.238 e. The fraction of sp³-hybridized carbons (Fsp3) is 0.462. The average molecular weight is 270 g/mol. The minimum atomic E-state index is -0.421. The molecule has 0 aromatic heterocycles. The summed E-state index contributed by atoms with van der Waals surface area (Å²) in [5, 5.41) is 5.59. The lowest BCUT2D eigenvalue weighted by Gasteiger charge is -2.22. The maximum atomic E-state index is 13.3. The summed E-state index contributed by atoms with van der Waals surface area (Å²) >= 11 is 1.73. The Morgan fingerprint density at radius 2 is 2.06 bits per heavy atom. The van der Waals surface area contributed by atoms with Crippen molar-refractivity contribution in [3.63, 3.8) is 0 Å². The molecule has 0 unspecified atom stereocenters. The molecular weight excluding hydrogens is 251 g/mol. The largest absolute Gasteiger partial charge is 0.322 e. The van der Waals surface area contributed by atoms with E-state index in [2.05, 4.69) is 24.5 Å². The summed E-state index contributed by atoms with van der Waals surface area (Å²) in [6.45, 7) is 5.09. The van der Waals surface area contributed by atoms with Crippen LogP contribution in [0.1, 0.15) is 13.8 Å². The first kappa shape index (κ1) is 15.0. The molecule has 18 heavy (non-hydrogen) atoms. The quantitative estimate of drug-likeness (QED) is 0.834. The lowest BCUT2D eigenvalue weighted by atomic mass is 10.2. The van der Waals surface area contributed by atoms with E-state index >= 15 is 0 Å². The predicted molar refractivity (Wildman–Crippen MR) is 75.5 cm³/mol. The van der Waals surface area contributed by atoms with E-state index in [4.69, 9.17) is 0 Å². The van der Waals surface area contributed by atoms with Crippen molar-refractivity contribution in [3.8, 4) is 0 Å². The van der Waals surface area contributed by atoms with Crippen molar-refractivity contribution in [3.05, 3.63) is 30.1 Å². The molecule has 0 atom stereocenters. The molecule has 0 aliphatic heterocycles. The molecule has 0 fully saturated rings. The third-order valence-corrected chi connectivity index (χ3v) is 3.79. The lowest BCUT2D eigenvalue weighted by Crippen LogP contribution is -2.37. The van der Waals surface area contributed by atoms with Gasteiger partial charge >= 0.3 is 0 Å². The molecule has 0 aliphatic rings. The summed E-state index contributed by atoms with van der Waals surface area (Å²) in [5.41, 5.74) is 0.216. The van der Waals surface area contributed by atoms with Crippen LogP contribution in [0, 0.1) is 5.82 Å². The molecule has 1 aromatic rings. The van der Waals surface area contributed by atoms with Crippen molar-refractivity contribution in [2.24, 2.45) is 0 Å². The van der Waals surface area contributed by atoms with Crippen LogP contribution in [0.2, 0.25) is 0 Å². The molecule has 1 amide bonds. The number of anilines is 1. The van der Waals surface area contributed by atoms with Gasteiger partial charge in [-0.25, -0.2) is 4.39 Å².